The van der Waals surface area contributed by atoms with E-state index in [0.717, 1.165) is 31.2 Å². The number of aromatic nitrogens is 1. The molecule has 1 fully saturated rings. The molecule has 1 heterocycles. The third-order valence-corrected chi connectivity index (χ3v) is 5.03. The summed E-state index contributed by atoms with van der Waals surface area (Å²) in [6.45, 7) is 0. The van der Waals surface area contributed by atoms with Crippen molar-refractivity contribution in [1.82, 2.24) is 21.2 Å². The van der Waals surface area contributed by atoms with Crippen molar-refractivity contribution in [2.24, 2.45) is 0 Å². The van der Waals surface area contributed by atoms with E-state index in [9.17, 15) is 4.79 Å². The summed E-state index contributed by atoms with van der Waals surface area (Å²) in [7, 11) is 0. The molecule has 1 saturated carbocycles. The molecule has 0 bridgehead atoms. The molecule has 1 amide bonds. The first-order valence-corrected chi connectivity index (χ1v) is 9.12. The molecule has 2 aromatic rings. The van der Waals surface area contributed by atoms with Crippen molar-refractivity contribution in [3.63, 3.8) is 0 Å². The SMILES string of the molecule is O=C(NNC(=S)NC1CC1)c1ccc2[nH]c3c(c2c1)CCCCC3. The number of amides is 1. The molecule has 2 aliphatic carbocycles. The average Bonchev–Trinajstić information content (AvgIpc) is 3.36. The minimum atomic E-state index is -0.166. The van der Waals surface area contributed by atoms with Gasteiger partial charge < -0.3 is 10.3 Å². The van der Waals surface area contributed by atoms with Gasteiger partial charge in [-0.2, -0.15) is 0 Å². The van der Waals surface area contributed by atoms with Crippen LogP contribution in [0.3, 0.4) is 0 Å². The number of rotatable bonds is 2. The molecule has 126 valence electrons. The van der Waals surface area contributed by atoms with Gasteiger partial charge in [0.1, 0.15) is 0 Å². The van der Waals surface area contributed by atoms with Gasteiger partial charge in [-0.1, -0.05) is 6.42 Å². The first-order chi connectivity index (χ1) is 11.7. The lowest BCUT2D eigenvalue weighted by molar-refractivity contribution is 0.0944. The highest BCUT2D eigenvalue weighted by molar-refractivity contribution is 7.80. The molecule has 4 rings (SSSR count). The summed E-state index contributed by atoms with van der Waals surface area (Å²) in [5, 5.41) is 4.79. The van der Waals surface area contributed by atoms with Crippen molar-refractivity contribution < 1.29 is 4.79 Å². The van der Waals surface area contributed by atoms with Gasteiger partial charge in [-0.3, -0.25) is 15.6 Å². The van der Waals surface area contributed by atoms with E-state index in [1.54, 1.807) is 0 Å². The maximum atomic E-state index is 12.4. The highest BCUT2D eigenvalue weighted by Crippen LogP contribution is 2.29. The summed E-state index contributed by atoms with van der Waals surface area (Å²) in [5.41, 5.74) is 9.95. The van der Waals surface area contributed by atoms with Crippen molar-refractivity contribution in [2.75, 3.05) is 0 Å². The number of thiocarbonyl (C=S) groups is 1. The normalized spacial score (nSPS) is 17.0. The lowest BCUT2D eigenvalue weighted by Gasteiger charge is -2.11. The van der Waals surface area contributed by atoms with Crippen LogP contribution in [0, 0.1) is 0 Å². The zero-order valence-corrected chi connectivity index (χ0v) is 14.4. The Balaban J connectivity index is 1.50. The van der Waals surface area contributed by atoms with Crippen molar-refractivity contribution >= 4 is 34.1 Å². The molecule has 0 spiro atoms. The van der Waals surface area contributed by atoms with E-state index in [0.29, 0.717) is 16.7 Å². The topological polar surface area (TPSA) is 69.0 Å². The van der Waals surface area contributed by atoms with Crippen LogP contribution >= 0.6 is 12.2 Å². The molecule has 1 aromatic heterocycles. The van der Waals surface area contributed by atoms with E-state index in [-0.39, 0.29) is 5.91 Å². The average molecular weight is 342 g/mol. The van der Waals surface area contributed by atoms with Crippen LogP contribution in [0.5, 0.6) is 0 Å². The standard InChI is InChI=1S/C18H22N4OS/c23-17(21-22-18(24)19-12-7-8-12)11-6-9-16-14(10-11)13-4-2-1-3-5-15(13)20-16/h6,9-10,12,20H,1-5,7-8H2,(H,21,23)(H2,19,22,24). The van der Waals surface area contributed by atoms with E-state index in [1.807, 2.05) is 18.2 Å². The van der Waals surface area contributed by atoms with Crippen molar-refractivity contribution in [3.05, 3.63) is 35.0 Å². The van der Waals surface area contributed by atoms with Gasteiger partial charge in [0.25, 0.3) is 5.91 Å². The van der Waals surface area contributed by atoms with Gasteiger partial charge in [-0.05, 0) is 74.5 Å². The second-order valence-electron chi connectivity index (χ2n) is 6.73. The van der Waals surface area contributed by atoms with E-state index < -0.39 is 0 Å². The molecule has 6 heteroatoms. The summed E-state index contributed by atoms with van der Waals surface area (Å²) in [4.78, 5) is 15.9. The summed E-state index contributed by atoms with van der Waals surface area (Å²) in [6.07, 6.45) is 8.22. The Morgan fingerprint density at radius 3 is 2.79 bits per heavy atom. The number of aryl methyl sites for hydroxylation is 2. The Kier molecular flexibility index (Phi) is 4.14. The summed E-state index contributed by atoms with van der Waals surface area (Å²) in [6, 6.07) is 6.31. The molecule has 0 unspecified atom stereocenters. The maximum absolute atomic E-state index is 12.4. The van der Waals surface area contributed by atoms with Gasteiger partial charge in [0, 0.05) is 28.2 Å². The lowest BCUT2D eigenvalue weighted by atomic mass is 10.0. The lowest BCUT2D eigenvalue weighted by Crippen LogP contribution is -2.47. The number of hydrogen-bond donors (Lipinski definition) is 4. The maximum Gasteiger partial charge on any atom is 0.269 e. The molecular formula is C18H22N4OS. The number of carbonyl (C=O) groups excluding carboxylic acids is 1. The predicted molar refractivity (Wildman–Crippen MR) is 98.9 cm³/mol. The molecule has 2 aliphatic rings. The number of fused-ring (bicyclic) bond motifs is 3. The molecular weight excluding hydrogens is 320 g/mol. The first-order valence-electron chi connectivity index (χ1n) is 8.71. The van der Waals surface area contributed by atoms with Crippen LogP contribution in [0.4, 0.5) is 0 Å². The zero-order valence-electron chi connectivity index (χ0n) is 13.6. The van der Waals surface area contributed by atoms with Gasteiger partial charge in [0.15, 0.2) is 5.11 Å². The minimum absolute atomic E-state index is 0.166. The van der Waals surface area contributed by atoms with Crippen LogP contribution in [0.2, 0.25) is 0 Å². The van der Waals surface area contributed by atoms with Gasteiger partial charge in [-0.15, -0.1) is 0 Å². The molecule has 24 heavy (non-hydrogen) atoms. The Bertz CT molecular complexity index is 794. The Morgan fingerprint density at radius 2 is 1.96 bits per heavy atom. The highest BCUT2D eigenvalue weighted by atomic mass is 32.1. The second kappa shape index (κ2) is 6.43. The van der Waals surface area contributed by atoms with Crippen molar-refractivity contribution in [2.45, 2.75) is 51.0 Å². The summed E-state index contributed by atoms with van der Waals surface area (Å²) >= 11 is 5.15. The van der Waals surface area contributed by atoms with Crippen LogP contribution < -0.4 is 16.2 Å². The van der Waals surface area contributed by atoms with Gasteiger partial charge in [0.2, 0.25) is 0 Å². The van der Waals surface area contributed by atoms with Crippen molar-refractivity contribution in [3.8, 4) is 0 Å². The minimum Gasteiger partial charge on any atom is -0.359 e. The van der Waals surface area contributed by atoms with E-state index in [4.69, 9.17) is 12.2 Å². The summed E-state index contributed by atoms with van der Waals surface area (Å²) < 4.78 is 0. The van der Waals surface area contributed by atoms with Crippen LogP contribution in [0.15, 0.2) is 18.2 Å². The van der Waals surface area contributed by atoms with E-state index >= 15 is 0 Å². The van der Waals surface area contributed by atoms with Gasteiger partial charge in [-0.25, -0.2) is 0 Å². The molecule has 0 radical (unpaired) electrons. The Labute approximate surface area is 146 Å². The van der Waals surface area contributed by atoms with Crippen LogP contribution in [-0.2, 0) is 12.8 Å². The van der Waals surface area contributed by atoms with Gasteiger partial charge in [0.05, 0.1) is 0 Å². The number of carbonyl (C=O) groups is 1. The van der Waals surface area contributed by atoms with Gasteiger partial charge >= 0.3 is 0 Å². The Hall–Kier alpha value is -2.08. The summed E-state index contributed by atoms with van der Waals surface area (Å²) in [5.74, 6) is -0.166. The number of benzene rings is 1. The van der Waals surface area contributed by atoms with E-state index in [1.165, 1.54) is 35.9 Å². The third kappa shape index (κ3) is 3.24. The molecule has 5 nitrogen and oxygen atoms in total. The van der Waals surface area contributed by atoms with E-state index in [2.05, 4.69) is 21.2 Å². The number of hydrogen-bond acceptors (Lipinski definition) is 2. The van der Waals surface area contributed by atoms with Crippen LogP contribution in [0.25, 0.3) is 10.9 Å². The highest BCUT2D eigenvalue weighted by Gasteiger charge is 2.22. The Morgan fingerprint density at radius 1 is 1.12 bits per heavy atom. The van der Waals surface area contributed by atoms with Crippen molar-refractivity contribution in [1.29, 1.82) is 0 Å². The molecule has 0 saturated heterocycles. The zero-order chi connectivity index (χ0) is 16.5. The monoisotopic (exact) mass is 342 g/mol. The molecule has 0 atom stereocenters. The number of aromatic amines is 1. The molecule has 0 aliphatic heterocycles. The number of nitrogens with one attached hydrogen (secondary N) is 4. The fourth-order valence-electron chi connectivity index (χ4n) is 3.36. The quantitative estimate of drug-likeness (QED) is 0.385. The number of H-pyrrole nitrogens is 1. The molecule has 1 aromatic carbocycles. The smallest absolute Gasteiger partial charge is 0.269 e. The van der Waals surface area contributed by atoms with Crippen LogP contribution in [-0.4, -0.2) is 22.0 Å². The second-order valence-corrected chi connectivity index (χ2v) is 7.14. The molecule has 4 N–H and O–H groups in total. The third-order valence-electron chi connectivity index (χ3n) is 4.81. The fourth-order valence-corrected chi connectivity index (χ4v) is 3.58. The van der Waals surface area contributed by atoms with Crippen LogP contribution in [0.1, 0.15) is 53.7 Å². The first kappa shape index (κ1) is 15.4. The predicted octanol–water partition coefficient (Wildman–Crippen LogP) is 2.71. The largest absolute Gasteiger partial charge is 0.359 e. The number of hydrazine groups is 1. The fraction of sp³-hybridized carbons (Fsp3) is 0.444.